The van der Waals surface area contributed by atoms with Gasteiger partial charge in [-0.15, -0.1) is 11.3 Å². The molecule has 0 N–H and O–H groups in total. The molecule has 6 nitrogen and oxygen atoms in total. The van der Waals surface area contributed by atoms with Crippen LogP contribution in [0.1, 0.15) is 5.56 Å². The number of benzene rings is 1. The standard InChI is InChI=1S/C15H12N2O4S/c18-15-17(14(16-21-15)12-5-2-8-22-12)9-10-3-1-4-11-13(10)20-7-6-19-11/h1-5,8H,6-7,9H2. The van der Waals surface area contributed by atoms with Gasteiger partial charge in [-0.2, -0.15) is 0 Å². The Morgan fingerprint density at radius 1 is 1.18 bits per heavy atom. The van der Waals surface area contributed by atoms with E-state index in [1.165, 1.54) is 15.9 Å². The molecule has 7 heteroatoms. The fraction of sp³-hybridized carbons (Fsp3) is 0.200. The second-order valence-corrected chi connectivity index (χ2v) is 5.72. The smallest absolute Gasteiger partial charge is 0.442 e. The van der Waals surface area contributed by atoms with Crippen molar-refractivity contribution in [3.8, 4) is 22.2 Å². The zero-order chi connectivity index (χ0) is 14.9. The van der Waals surface area contributed by atoms with E-state index in [-0.39, 0.29) is 0 Å². The van der Waals surface area contributed by atoms with Crippen LogP contribution in [0.5, 0.6) is 11.5 Å². The summed E-state index contributed by atoms with van der Waals surface area (Å²) in [5.41, 5.74) is 0.861. The Balaban J connectivity index is 1.76. The van der Waals surface area contributed by atoms with Gasteiger partial charge in [0.15, 0.2) is 17.3 Å². The van der Waals surface area contributed by atoms with Crippen molar-refractivity contribution in [3.05, 3.63) is 51.8 Å². The van der Waals surface area contributed by atoms with Gasteiger partial charge in [-0.05, 0) is 17.5 Å². The van der Waals surface area contributed by atoms with Gasteiger partial charge in [-0.3, -0.25) is 9.09 Å². The van der Waals surface area contributed by atoms with Crippen molar-refractivity contribution in [2.45, 2.75) is 6.54 Å². The van der Waals surface area contributed by atoms with Gasteiger partial charge in [-0.1, -0.05) is 23.4 Å². The highest BCUT2D eigenvalue weighted by Gasteiger charge is 2.19. The molecule has 3 aromatic rings. The van der Waals surface area contributed by atoms with E-state index in [4.69, 9.17) is 14.0 Å². The molecular weight excluding hydrogens is 304 g/mol. The molecule has 0 radical (unpaired) electrons. The van der Waals surface area contributed by atoms with E-state index in [9.17, 15) is 4.79 Å². The number of rotatable bonds is 3. The van der Waals surface area contributed by atoms with Crippen molar-refractivity contribution in [2.24, 2.45) is 0 Å². The van der Waals surface area contributed by atoms with Gasteiger partial charge in [0, 0.05) is 5.56 Å². The van der Waals surface area contributed by atoms with Crippen LogP contribution < -0.4 is 15.2 Å². The van der Waals surface area contributed by atoms with Crippen LogP contribution in [0.15, 0.2) is 45.0 Å². The van der Waals surface area contributed by atoms with Crippen LogP contribution in [0.25, 0.3) is 10.7 Å². The summed E-state index contributed by atoms with van der Waals surface area (Å²) >= 11 is 1.50. The van der Waals surface area contributed by atoms with Crippen molar-refractivity contribution in [1.82, 2.24) is 9.72 Å². The molecule has 0 amide bonds. The van der Waals surface area contributed by atoms with Crippen LogP contribution in [0.3, 0.4) is 0 Å². The number of hydrogen-bond donors (Lipinski definition) is 0. The first kappa shape index (κ1) is 13.1. The summed E-state index contributed by atoms with van der Waals surface area (Å²) in [6.07, 6.45) is 0. The number of para-hydroxylation sites is 1. The normalized spacial score (nSPS) is 13.3. The molecule has 0 atom stereocenters. The van der Waals surface area contributed by atoms with Gasteiger partial charge in [0.05, 0.1) is 11.4 Å². The third-order valence-electron chi connectivity index (χ3n) is 3.40. The van der Waals surface area contributed by atoms with Gasteiger partial charge < -0.3 is 9.47 Å². The number of aromatic nitrogens is 2. The van der Waals surface area contributed by atoms with Gasteiger partial charge in [0.2, 0.25) is 0 Å². The van der Waals surface area contributed by atoms with E-state index in [0.29, 0.717) is 37.1 Å². The highest BCUT2D eigenvalue weighted by molar-refractivity contribution is 7.13. The van der Waals surface area contributed by atoms with Crippen LogP contribution in [0, 0.1) is 0 Å². The molecule has 0 fully saturated rings. The van der Waals surface area contributed by atoms with E-state index >= 15 is 0 Å². The second kappa shape index (κ2) is 5.34. The Kier molecular flexibility index (Phi) is 3.19. The minimum atomic E-state index is -0.488. The first-order valence-electron chi connectivity index (χ1n) is 6.81. The highest BCUT2D eigenvalue weighted by atomic mass is 32.1. The molecule has 1 aliphatic heterocycles. The first-order valence-corrected chi connectivity index (χ1v) is 7.69. The van der Waals surface area contributed by atoms with Crippen molar-refractivity contribution in [1.29, 1.82) is 0 Å². The van der Waals surface area contributed by atoms with Crippen LogP contribution >= 0.6 is 11.3 Å². The number of nitrogens with zero attached hydrogens (tertiary/aromatic N) is 2. The topological polar surface area (TPSA) is 66.5 Å². The van der Waals surface area contributed by atoms with Crippen molar-refractivity contribution < 1.29 is 14.0 Å². The minimum Gasteiger partial charge on any atom is -0.486 e. The molecule has 0 saturated heterocycles. The Morgan fingerprint density at radius 2 is 2.09 bits per heavy atom. The lowest BCUT2D eigenvalue weighted by Crippen LogP contribution is -2.20. The van der Waals surface area contributed by atoms with Crippen LogP contribution in [-0.2, 0) is 6.54 Å². The maximum Gasteiger partial charge on any atom is 0.442 e. The monoisotopic (exact) mass is 316 g/mol. The first-order chi connectivity index (χ1) is 10.8. The molecule has 1 aromatic carbocycles. The minimum absolute atomic E-state index is 0.322. The number of hydrogen-bond acceptors (Lipinski definition) is 6. The Bertz CT molecular complexity index is 851. The molecule has 112 valence electrons. The summed E-state index contributed by atoms with van der Waals surface area (Å²) in [5.74, 6) is 1.41. The summed E-state index contributed by atoms with van der Waals surface area (Å²) in [4.78, 5) is 12.9. The molecule has 1 aliphatic rings. The average molecular weight is 316 g/mol. The molecule has 0 spiro atoms. The fourth-order valence-electron chi connectivity index (χ4n) is 2.42. The van der Waals surface area contributed by atoms with E-state index < -0.39 is 5.76 Å². The Hall–Kier alpha value is -2.54. The third-order valence-corrected chi connectivity index (χ3v) is 4.27. The Labute approximate surface area is 129 Å². The molecule has 4 rings (SSSR count). The lowest BCUT2D eigenvalue weighted by atomic mass is 10.1. The molecule has 2 aromatic heterocycles. The lowest BCUT2D eigenvalue weighted by molar-refractivity contribution is 0.169. The average Bonchev–Trinajstić information content (AvgIpc) is 3.18. The molecule has 3 heterocycles. The van der Waals surface area contributed by atoms with Crippen molar-refractivity contribution in [2.75, 3.05) is 13.2 Å². The number of thiophene rings is 1. The van der Waals surface area contributed by atoms with Crippen LogP contribution in [-0.4, -0.2) is 22.9 Å². The Morgan fingerprint density at radius 3 is 2.95 bits per heavy atom. The zero-order valence-electron chi connectivity index (χ0n) is 11.5. The van der Waals surface area contributed by atoms with Crippen LogP contribution in [0.4, 0.5) is 0 Å². The number of ether oxygens (including phenoxy) is 2. The van der Waals surface area contributed by atoms with Gasteiger partial charge >= 0.3 is 5.76 Å². The predicted octanol–water partition coefficient (Wildman–Crippen LogP) is 2.38. The zero-order valence-corrected chi connectivity index (χ0v) is 12.3. The number of fused-ring (bicyclic) bond motifs is 1. The van der Waals surface area contributed by atoms with Crippen molar-refractivity contribution in [3.63, 3.8) is 0 Å². The SMILES string of the molecule is O=c1onc(-c2cccs2)n1Cc1cccc2c1OCCO2. The lowest BCUT2D eigenvalue weighted by Gasteiger charge is -2.21. The maximum atomic E-state index is 12.0. The summed E-state index contributed by atoms with van der Waals surface area (Å²) in [7, 11) is 0. The summed E-state index contributed by atoms with van der Waals surface area (Å²) in [6, 6.07) is 9.45. The highest BCUT2D eigenvalue weighted by Crippen LogP contribution is 2.34. The van der Waals surface area contributed by atoms with E-state index in [1.807, 2.05) is 35.7 Å². The van der Waals surface area contributed by atoms with E-state index in [0.717, 1.165) is 10.4 Å². The largest absolute Gasteiger partial charge is 0.486 e. The molecule has 0 saturated carbocycles. The van der Waals surface area contributed by atoms with Gasteiger partial charge in [-0.25, -0.2) is 4.79 Å². The third kappa shape index (κ3) is 2.19. The summed E-state index contributed by atoms with van der Waals surface area (Å²) in [5, 5.41) is 5.81. The fourth-order valence-corrected chi connectivity index (χ4v) is 3.13. The molecule has 0 bridgehead atoms. The molecule has 0 unspecified atom stereocenters. The van der Waals surface area contributed by atoms with Crippen molar-refractivity contribution >= 4 is 11.3 Å². The summed E-state index contributed by atoms with van der Waals surface area (Å²) < 4.78 is 17.6. The van der Waals surface area contributed by atoms with E-state index in [2.05, 4.69) is 5.16 Å². The van der Waals surface area contributed by atoms with Gasteiger partial charge in [0.25, 0.3) is 0 Å². The summed E-state index contributed by atoms with van der Waals surface area (Å²) in [6.45, 7) is 1.35. The maximum absolute atomic E-state index is 12.0. The van der Waals surface area contributed by atoms with E-state index in [1.54, 1.807) is 0 Å². The predicted molar refractivity (Wildman–Crippen MR) is 80.6 cm³/mol. The van der Waals surface area contributed by atoms with Gasteiger partial charge in [0.1, 0.15) is 13.2 Å². The molecule has 0 aliphatic carbocycles. The quantitative estimate of drug-likeness (QED) is 0.742. The second-order valence-electron chi connectivity index (χ2n) is 4.78. The van der Waals surface area contributed by atoms with Crippen LogP contribution in [0.2, 0.25) is 0 Å². The molecular formula is C15H12N2O4S. The molecule has 22 heavy (non-hydrogen) atoms.